The van der Waals surface area contributed by atoms with Crippen molar-refractivity contribution >= 4 is 39.7 Å². The first-order chi connectivity index (χ1) is 15.7. The van der Waals surface area contributed by atoms with Gasteiger partial charge in [-0.2, -0.15) is 4.98 Å². The minimum absolute atomic E-state index is 0.00922. The van der Waals surface area contributed by atoms with E-state index in [9.17, 15) is 4.79 Å². The lowest BCUT2D eigenvalue weighted by molar-refractivity contribution is -0.120. The first-order valence-corrected chi connectivity index (χ1v) is 11.7. The van der Waals surface area contributed by atoms with Gasteiger partial charge in [-0.3, -0.25) is 4.79 Å². The predicted octanol–water partition coefficient (Wildman–Crippen LogP) is 4.76. The SMILES string of the molecule is O=C(Nc1ccc2c(c1)nc1n2CCCCC1)C1CCN(c2nc3ccccc3o2)CC1. The molecule has 2 aromatic carbocycles. The summed E-state index contributed by atoms with van der Waals surface area (Å²) < 4.78 is 8.23. The van der Waals surface area contributed by atoms with Crippen molar-refractivity contribution in [2.45, 2.75) is 45.1 Å². The van der Waals surface area contributed by atoms with E-state index in [0.29, 0.717) is 6.01 Å². The summed E-state index contributed by atoms with van der Waals surface area (Å²) in [7, 11) is 0. The van der Waals surface area contributed by atoms with E-state index in [4.69, 9.17) is 9.40 Å². The summed E-state index contributed by atoms with van der Waals surface area (Å²) in [5, 5.41) is 3.13. The van der Waals surface area contributed by atoms with Crippen LogP contribution in [0.25, 0.3) is 22.1 Å². The maximum absolute atomic E-state index is 12.9. The summed E-state index contributed by atoms with van der Waals surface area (Å²) in [6, 6.07) is 14.6. The number of benzene rings is 2. The molecular weight excluding hydrogens is 402 g/mol. The van der Waals surface area contributed by atoms with E-state index >= 15 is 0 Å². The van der Waals surface area contributed by atoms with Crippen molar-refractivity contribution in [1.29, 1.82) is 0 Å². The molecular formula is C25H27N5O2. The Balaban J connectivity index is 1.11. The monoisotopic (exact) mass is 429 g/mol. The molecule has 0 atom stereocenters. The smallest absolute Gasteiger partial charge is 0.298 e. The van der Waals surface area contributed by atoms with Gasteiger partial charge >= 0.3 is 0 Å². The number of imidazole rings is 1. The molecule has 0 saturated carbocycles. The highest BCUT2D eigenvalue weighted by Crippen LogP contribution is 2.28. The Morgan fingerprint density at radius 1 is 0.969 bits per heavy atom. The zero-order chi connectivity index (χ0) is 21.5. The maximum atomic E-state index is 12.9. The Kier molecular flexibility index (Phi) is 4.82. The summed E-state index contributed by atoms with van der Waals surface area (Å²) in [6.07, 6.45) is 6.28. The first kappa shape index (κ1) is 19.3. The van der Waals surface area contributed by atoms with Crippen molar-refractivity contribution in [2.75, 3.05) is 23.3 Å². The number of piperidine rings is 1. The number of carbonyl (C=O) groups excluding carboxylic acids is 1. The molecule has 7 heteroatoms. The largest absolute Gasteiger partial charge is 0.423 e. The molecule has 164 valence electrons. The first-order valence-electron chi connectivity index (χ1n) is 11.7. The van der Waals surface area contributed by atoms with Gasteiger partial charge in [0.1, 0.15) is 11.3 Å². The summed E-state index contributed by atoms with van der Waals surface area (Å²) in [5.74, 6) is 1.25. The summed E-state index contributed by atoms with van der Waals surface area (Å²) >= 11 is 0. The van der Waals surface area contributed by atoms with E-state index in [1.54, 1.807) is 0 Å². The van der Waals surface area contributed by atoms with Crippen LogP contribution < -0.4 is 10.2 Å². The van der Waals surface area contributed by atoms with Gasteiger partial charge < -0.3 is 19.2 Å². The third-order valence-electron chi connectivity index (χ3n) is 6.80. The fraction of sp³-hybridized carbons (Fsp3) is 0.400. The van der Waals surface area contributed by atoms with Gasteiger partial charge in [-0.05, 0) is 56.0 Å². The number of carbonyl (C=O) groups is 1. The quantitative estimate of drug-likeness (QED) is 0.508. The highest BCUT2D eigenvalue weighted by atomic mass is 16.4. The van der Waals surface area contributed by atoms with Crippen molar-refractivity contribution in [3.05, 3.63) is 48.3 Å². The molecule has 2 aliphatic rings. The maximum Gasteiger partial charge on any atom is 0.298 e. The lowest BCUT2D eigenvalue weighted by atomic mass is 9.96. The van der Waals surface area contributed by atoms with E-state index in [0.717, 1.165) is 61.2 Å². The van der Waals surface area contributed by atoms with Crippen LogP contribution in [0.5, 0.6) is 0 Å². The van der Waals surface area contributed by atoms with Crippen molar-refractivity contribution in [3.63, 3.8) is 0 Å². The molecule has 0 spiro atoms. The number of rotatable bonds is 3. The molecule has 0 aliphatic carbocycles. The molecule has 1 amide bonds. The Morgan fingerprint density at radius 2 is 1.84 bits per heavy atom. The normalized spacial score (nSPS) is 17.4. The summed E-state index contributed by atoms with van der Waals surface area (Å²) in [5.41, 5.74) is 4.65. The van der Waals surface area contributed by atoms with Gasteiger partial charge in [0.2, 0.25) is 5.91 Å². The Labute approximate surface area is 186 Å². The molecule has 32 heavy (non-hydrogen) atoms. The van der Waals surface area contributed by atoms with Crippen LogP contribution >= 0.6 is 0 Å². The third kappa shape index (κ3) is 3.51. The van der Waals surface area contributed by atoms with Crippen LogP contribution in [0, 0.1) is 5.92 Å². The van der Waals surface area contributed by atoms with Gasteiger partial charge in [0.25, 0.3) is 6.01 Å². The standard InChI is InChI=1S/C25H27N5O2/c31-24(17-11-14-29(15-12-17)25-28-19-6-3-4-7-22(19)32-25)26-18-9-10-21-20(16-18)27-23-8-2-1-5-13-30(21)23/h3-4,6-7,9-10,16-17H,1-2,5,8,11-15H2,(H,26,31). The fourth-order valence-corrected chi connectivity index (χ4v) is 5.00. The van der Waals surface area contributed by atoms with Gasteiger partial charge in [-0.1, -0.05) is 18.6 Å². The number of anilines is 2. The van der Waals surface area contributed by atoms with Crippen molar-refractivity contribution in [3.8, 4) is 0 Å². The Hall–Kier alpha value is -3.35. The molecule has 4 heterocycles. The van der Waals surface area contributed by atoms with Crippen LogP contribution in [-0.4, -0.2) is 33.5 Å². The van der Waals surface area contributed by atoms with Gasteiger partial charge in [0.05, 0.1) is 11.0 Å². The molecule has 0 bridgehead atoms. The third-order valence-corrected chi connectivity index (χ3v) is 6.80. The van der Waals surface area contributed by atoms with Crippen LogP contribution in [0.4, 0.5) is 11.7 Å². The van der Waals surface area contributed by atoms with E-state index in [1.807, 2.05) is 36.4 Å². The predicted molar refractivity (Wildman–Crippen MR) is 125 cm³/mol. The number of hydrogen-bond donors (Lipinski definition) is 1. The molecule has 2 aromatic heterocycles. The highest BCUT2D eigenvalue weighted by molar-refractivity contribution is 5.94. The van der Waals surface area contributed by atoms with Crippen LogP contribution in [-0.2, 0) is 17.8 Å². The fourth-order valence-electron chi connectivity index (χ4n) is 5.00. The number of amides is 1. The molecule has 6 rings (SSSR count). The zero-order valence-electron chi connectivity index (χ0n) is 18.1. The number of fused-ring (bicyclic) bond motifs is 4. The van der Waals surface area contributed by atoms with E-state index < -0.39 is 0 Å². The topological polar surface area (TPSA) is 76.2 Å². The summed E-state index contributed by atoms with van der Waals surface area (Å²) in [4.78, 5) is 24.5. The van der Waals surface area contributed by atoms with Gasteiger partial charge in [0.15, 0.2) is 5.58 Å². The Bertz CT molecular complexity index is 1250. The molecule has 1 saturated heterocycles. The number of oxazole rings is 1. The van der Waals surface area contributed by atoms with Crippen LogP contribution in [0.3, 0.4) is 0 Å². The molecule has 2 aliphatic heterocycles. The molecule has 1 fully saturated rings. The van der Waals surface area contributed by atoms with Crippen molar-refractivity contribution < 1.29 is 9.21 Å². The lowest BCUT2D eigenvalue weighted by Crippen LogP contribution is -2.38. The second kappa shape index (κ2) is 7.97. The zero-order valence-corrected chi connectivity index (χ0v) is 18.1. The minimum Gasteiger partial charge on any atom is -0.423 e. The van der Waals surface area contributed by atoms with E-state index in [2.05, 4.69) is 25.8 Å². The number of para-hydroxylation sites is 2. The molecule has 0 radical (unpaired) electrons. The number of nitrogens with one attached hydrogen (secondary N) is 1. The molecule has 4 aromatic rings. The molecule has 7 nitrogen and oxygen atoms in total. The number of hydrogen-bond acceptors (Lipinski definition) is 5. The Morgan fingerprint density at radius 3 is 2.72 bits per heavy atom. The summed E-state index contributed by atoms with van der Waals surface area (Å²) in [6.45, 7) is 2.56. The number of aromatic nitrogens is 3. The van der Waals surface area contributed by atoms with Gasteiger partial charge in [0, 0.05) is 37.7 Å². The van der Waals surface area contributed by atoms with Crippen LogP contribution in [0.2, 0.25) is 0 Å². The lowest BCUT2D eigenvalue weighted by Gasteiger charge is -2.30. The van der Waals surface area contributed by atoms with Crippen LogP contribution in [0.15, 0.2) is 46.9 Å². The second-order valence-corrected chi connectivity index (χ2v) is 8.91. The molecule has 1 N–H and O–H groups in total. The highest BCUT2D eigenvalue weighted by Gasteiger charge is 2.27. The van der Waals surface area contributed by atoms with Gasteiger partial charge in [-0.25, -0.2) is 4.98 Å². The number of nitrogens with zero attached hydrogens (tertiary/aromatic N) is 4. The van der Waals surface area contributed by atoms with Crippen LogP contribution in [0.1, 0.15) is 37.9 Å². The van der Waals surface area contributed by atoms with Crippen molar-refractivity contribution in [1.82, 2.24) is 14.5 Å². The second-order valence-electron chi connectivity index (χ2n) is 8.91. The average Bonchev–Trinajstić information content (AvgIpc) is 3.32. The van der Waals surface area contributed by atoms with E-state index in [1.165, 1.54) is 30.6 Å². The molecule has 0 unspecified atom stereocenters. The number of aryl methyl sites for hydroxylation is 2. The van der Waals surface area contributed by atoms with Crippen molar-refractivity contribution in [2.24, 2.45) is 5.92 Å². The van der Waals surface area contributed by atoms with E-state index in [-0.39, 0.29) is 11.8 Å². The average molecular weight is 430 g/mol. The minimum atomic E-state index is -0.00922. The van der Waals surface area contributed by atoms with Gasteiger partial charge in [-0.15, -0.1) is 0 Å².